The normalized spacial score (nSPS) is 14.8. The van der Waals surface area contributed by atoms with Gasteiger partial charge in [-0.05, 0) is 30.0 Å². The molecule has 0 radical (unpaired) electrons. The number of aromatic nitrogens is 4. The number of benzene rings is 1. The van der Waals surface area contributed by atoms with Gasteiger partial charge in [-0.15, -0.1) is 11.3 Å². The van der Waals surface area contributed by atoms with E-state index in [9.17, 15) is 4.39 Å². The van der Waals surface area contributed by atoms with Gasteiger partial charge in [0.2, 0.25) is 5.95 Å². The van der Waals surface area contributed by atoms with E-state index in [4.69, 9.17) is 18.6 Å². The Balaban J connectivity index is 1.26. The molecule has 0 fully saturated rings. The first kappa shape index (κ1) is 21.9. The van der Waals surface area contributed by atoms with E-state index in [-0.39, 0.29) is 12.2 Å². The summed E-state index contributed by atoms with van der Waals surface area (Å²) in [5.74, 6) is 1.30. The van der Waals surface area contributed by atoms with Gasteiger partial charge in [0.15, 0.2) is 16.5 Å². The third-order valence-electron chi connectivity index (χ3n) is 5.31. The highest BCUT2D eigenvalue weighted by Crippen LogP contribution is 2.38. The van der Waals surface area contributed by atoms with Crippen molar-refractivity contribution in [2.24, 2.45) is 0 Å². The van der Waals surface area contributed by atoms with Crippen LogP contribution in [-0.4, -0.2) is 39.4 Å². The Morgan fingerprint density at radius 3 is 2.89 bits per heavy atom. The van der Waals surface area contributed by atoms with Gasteiger partial charge in [0.1, 0.15) is 34.4 Å². The summed E-state index contributed by atoms with van der Waals surface area (Å²) in [6.45, 7) is 0.242. The number of nitrogens with zero attached hydrogens (tertiary/aromatic N) is 4. The molecule has 0 saturated heterocycles. The van der Waals surface area contributed by atoms with E-state index >= 15 is 0 Å². The summed E-state index contributed by atoms with van der Waals surface area (Å²) < 4.78 is 37.9. The number of methoxy groups -OCH3 is 2. The first-order chi connectivity index (χ1) is 17.1. The lowest BCUT2D eigenvalue weighted by molar-refractivity contribution is 0.187. The zero-order valence-electron chi connectivity index (χ0n) is 18.5. The number of hydrogen-bond donors (Lipinski definition) is 1. The average molecular weight is 512 g/mol. The lowest BCUT2D eigenvalue weighted by atomic mass is 10.2. The van der Waals surface area contributed by atoms with E-state index < -0.39 is 5.95 Å². The third kappa shape index (κ3) is 4.20. The molecule has 1 aliphatic heterocycles. The van der Waals surface area contributed by atoms with Crippen LogP contribution in [0.2, 0.25) is 0 Å². The molecule has 0 aliphatic carbocycles. The van der Waals surface area contributed by atoms with Gasteiger partial charge in [0, 0.05) is 36.4 Å². The lowest BCUT2D eigenvalue weighted by Gasteiger charge is -2.07. The highest BCUT2D eigenvalue weighted by Gasteiger charge is 2.25. The van der Waals surface area contributed by atoms with Gasteiger partial charge in [0.25, 0.3) is 0 Å². The van der Waals surface area contributed by atoms with Crippen molar-refractivity contribution in [2.45, 2.75) is 17.3 Å². The maximum absolute atomic E-state index is 13.1. The van der Waals surface area contributed by atoms with Crippen molar-refractivity contribution >= 4 is 34.1 Å². The Bertz CT molecular complexity index is 1490. The van der Waals surface area contributed by atoms with Crippen LogP contribution in [0.5, 0.6) is 11.5 Å². The molecule has 9 nitrogen and oxygen atoms in total. The van der Waals surface area contributed by atoms with Crippen LogP contribution >= 0.6 is 23.1 Å². The lowest BCUT2D eigenvalue weighted by Crippen LogP contribution is -2.19. The summed E-state index contributed by atoms with van der Waals surface area (Å²) >= 11 is 2.92. The molecule has 0 saturated carbocycles. The topological polar surface area (TPSA) is 96.5 Å². The van der Waals surface area contributed by atoms with E-state index in [1.54, 1.807) is 20.3 Å². The molecule has 5 heterocycles. The second kappa shape index (κ2) is 8.87. The van der Waals surface area contributed by atoms with E-state index in [1.807, 2.05) is 34.5 Å². The number of thioether (sulfide) groups is 1. The Labute approximate surface area is 206 Å². The van der Waals surface area contributed by atoms with E-state index in [2.05, 4.69) is 20.4 Å². The molecule has 1 unspecified atom stereocenters. The fraction of sp³-hybridized carbons (Fsp3) is 0.174. The molecule has 0 amide bonds. The summed E-state index contributed by atoms with van der Waals surface area (Å²) in [5.41, 5.74) is 5.81. The van der Waals surface area contributed by atoms with Crippen LogP contribution in [-0.2, 0) is 11.3 Å². The van der Waals surface area contributed by atoms with Gasteiger partial charge in [-0.25, -0.2) is 19.6 Å². The van der Waals surface area contributed by atoms with E-state index in [0.29, 0.717) is 28.5 Å². The second-order valence-corrected chi connectivity index (χ2v) is 9.43. The molecule has 35 heavy (non-hydrogen) atoms. The van der Waals surface area contributed by atoms with Crippen LogP contribution < -0.4 is 14.9 Å². The average Bonchev–Trinajstić information content (AvgIpc) is 3.65. The molecule has 1 N–H and O–H groups in total. The van der Waals surface area contributed by atoms with Gasteiger partial charge in [-0.2, -0.15) is 4.39 Å². The highest BCUT2D eigenvalue weighted by molar-refractivity contribution is 7.99. The van der Waals surface area contributed by atoms with Crippen molar-refractivity contribution < 1.29 is 23.0 Å². The SMILES string of the molecule is COc1cc(OCc2csc(-c3ccc(F)nc3)n2)c2cc(-c3cn4c(n3)SC(OC)N4)oc2c1. The summed E-state index contributed by atoms with van der Waals surface area (Å²) in [7, 11) is 3.23. The third-order valence-corrected chi connectivity index (χ3v) is 7.26. The number of rotatable bonds is 7. The molecule has 5 aromatic rings. The van der Waals surface area contributed by atoms with Crippen molar-refractivity contribution in [3.05, 3.63) is 59.7 Å². The Morgan fingerprint density at radius 2 is 2.11 bits per heavy atom. The standard InChI is InChI=1S/C23H18FN5O4S2/c1-30-14-5-17(32-10-13-11-34-21(26-13)12-3-4-20(24)25-8-12)15-7-19(33-18(15)6-14)16-9-29-22(27-16)35-23(28-29)31-2/h3-9,11,23,28H,10H2,1-2H3. The van der Waals surface area contributed by atoms with Gasteiger partial charge < -0.3 is 18.6 Å². The van der Waals surface area contributed by atoms with Gasteiger partial charge in [-0.1, -0.05) is 0 Å². The molecule has 0 bridgehead atoms. The van der Waals surface area contributed by atoms with Crippen LogP contribution in [0.15, 0.2) is 57.7 Å². The van der Waals surface area contributed by atoms with Crippen LogP contribution in [0.3, 0.4) is 0 Å². The maximum Gasteiger partial charge on any atom is 0.212 e. The molecule has 0 spiro atoms. The zero-order valence-corrected chi connectivity index (χ0v) is 20.2. The molecule has 4 aromatic heterocycles. The van der Waals surface area contributed by atoms with Crippen LogP contribution in [0.25, 0.3) is 33.0 Å². The summed E-state index contributed by atoms with van der Waals surface area (Å²) in [4.78, 5) is 12.9. The number of nitrogens with one attached hydrogen (secondary N) is 1. The monoisotopic (exact) mass is 511 g/mol. The van der Waals surface area contributed by atoms with Gasteiger partial charge in [-0.3, -0.25) is 5.43 Å². The number of hydrogen-bond acceptors (Lipinski definition) is 10. The van der Waals surface area contributed by atoms with Crippen LogP contribution in [0.4, 0.5) is 4.39 Å². The number of imidazole rings is 1. The summed E-state index contributed by atoms with van der Waals surface area (Å²) in [6.07, 6.45) is 3.32. The number of pyridine rings is 1. The fourth-order valence-electron chi connectivity index (χ4n) is 3.60. The van der Waals surface area contributed by atoms with Crippen LogP contribution in [0.1, 0.15) is 5.69 Å². The summed E-state index contributed by atoms with van der Waals surface area (Å²) in [5, 5.41) is 4.23. The first-order valence-corrected chi connectivity index (χ1v) is 12.2. The summed E-state index contributed by atoms with van der Waals surface area (Å²) in [6, 6.07) is 8.49. The molecular weight excluding hydrogens is 493 g/mol. The van der Waals surface area contributed by atoms with Crippen molar-refractivity contribution in [1.29, 1.82) is 0 Å². The molecule has 12 heteroatoms. The molecule has 1 aliphatic rings. The largest absolute Gasteiger partial charge is 0.496 e. The Hall–Kier alpha value is -3.61. The minimum Gasteiger partial charge on any atom is -0.496 e. The zero-order chi connectivity index (χ0) is 23.9. The van der Waals surface area contributed by atoms with Gasteiger partial charge in [0.05, 0.1) is 24.4 Å². The van der Waals surface area contributed by atoms with Crippen molar-refractivity contribution in [3.8, 4) is 33.5 Å². The van der Waals surface area contributed by atoms with E-state index in [0.717, 1.165) is 26.8 Å². The van der Waals surface area contributed by atoms with Crippen molar-refractivity contribution in [2.75, 3.05) is 19.6 Å². The highest BCUT2D eigenvalue weighted by atomic mass is 32.2. The number of fused-ring (bicyclic) bond motifs is 2. The Morgan fingerprint density at radius 1 is 1.20 bits per heavy atom. The smallest absolute Gasteiger partial charge is 0.212 e. The Kier molecular flexibility index (Phi) is 5.55. The predicted molar refractivity (Wildman–Crippen MR) is 130 cm³/mol. The van der Waals surface area contributed by atoms with E-state index in [1.165, 1.54) is 35.4 Å². The van der Waals surface area contributed by atoms with Gasteiger partial charge >= 0.3 is 0 Å². The predicted octanol–water partition coefficient (Wildman–Crippen LogP) is 5.12. The maximum atomic E-state index is 13.1. The minimum absolute atomic E-state index is 0.169. The molecule has 178 valence electrons. The number of thiazole rings is 1. The van der Waals surface area contributed by atoms with Crippen LogP contribution in [0, 0.1) is 5.95 Å². The molecule has 6 rings (SSSR count). The quantitative estimate of drug-likeness (QED) is 0.299. The molecular formula is C23H18FN5O4S2. The minimum atomic E-state index is -0.523. The fourth-order valence-corrected chi connectivity index (χ4v) is 5.22. The first-order valence-electron chi connectivity index (χ1n) is 10.5. The second-order valence-electron chi connectivity index (χ2n) is 7.54. The number of furan rings is 1. The molecule has 1 aromatic carbocycles. The van der Waals surface area contributed by atoms with Crippen molar-refractivity contribution in [3.63, 3.8) is 0 Å². The number of halogens is 1. The van der Waals surface area contributed by atoms with Crippen molar-refractivity contribution in [1.82, 2.24) is 19.6 Å². The number of ether oxygens (including phenoxy) is 3. The molecule has 1 atom stereocenters.